The lowest BCUT2D eigenvalue weighted by molar-refractivity contribution is 1.29. The molecule has 0 amide bonds. The first-order chi connectivity index (χ1) is 37.7. The molecular formula is C74H52N2. The monoisotopic (exact) mass is 968 g/mol. The molecule has 0 bridgehead atoms. The minimum atomic E-state index is 1.06. The Morgan fingerprint density at radius 1 is 0.145 bits per heavy atom. The number of fused-ring (bicyclic) bond motifs is 2. The normalized spacial score (nSPS) is 11.2. The van der Waals surface area contributed by atoms with E-state index in [1.54, 1.807) is 0 Å². The molecule has 13 aromatic rings. The van der Waals surface area contributed by atoms with Crippen molar-refractivity contribution < 1.29 is 0 Å². The number of rotatable bonds is 12. The van der Waals surface area contributed by atoms with Crippen LogP contribution in [-0.4, -0.2) is 0 Å². The van der Waals surface area contributed by atoms with Gasteiger partial charge in [0, 0.05) is 44.3 Å². The molecule has 2 nitrogen and oxygen atoms in total. The number of nitrogens with zero attached hydrogens (tertiary/aromatic N) is 2. The van der Waals surface area contributed by atoms with Gasteiger partial charge >= 0.3 is 0 Å². The molecule has 0 heterocycles. The van der Waals surface area contributed by atoms with Gasteiger partial charge in [-0.3, -0.25) is 0 Å². The van der Waals surface area contributed by atoms with Crippen molar-refractivity contribution in [3.63, 3.8) is 0 Å². The van der Waals surface area contributed by atoms with Gasteiger partial charge in [0.05, 0.1) is 11.4 Å². The van der Waals surface area contributed by atoms with E-state index in [4.69, 9.17) is 0 Å². The van der Waals surface area contributed by atoms with Crippen LogP contribution in [0.25, 0.3) is 88.3 Å². The first-order valence-corrected chi connectivity index (χ1v) is 26.1. The zero-order valence-corrected chi connectivity index (χ0v) is 41.9. The molecule has 2 heteroatoms. The Hall–Kier alpha value is -10.0. The Morgan fingerprint density at radius 3 is 0.592 bits per heavy atom. The summed E-state index contributed by atoms with van der Waals surface area (Å²) < 4.78 is 0. The summed E-state index contributed by atoms with van der Waals surface area (Å²) in [6.07, 6.45) is 0. The van der Waals surface area contributed by atoms with E-state index in [-0.39, 0.29) is 0 Å². The quantitative estimate of drug-likeness (QED) is 0.0889. The first kappa shape index (κ1) is 45.8. The van der Waals surface area contributed by atoms with Crippen molar-refractivity contribution in [2.75, 3.05) is 9.80 Å². The molecule has 13 rings (SSSR count). The van der Waals surface area contributed by atoms with Crippen LogP contribution in [0.4, 0.5) is 34.1 Å². The van der Waals surface area contributed by atoms with E-state index in [0.717, 1.165) is 122 Å². The predicted octanol–water partition coefficient (Wildman–Crippen LogP) is 20.9. The van der Waals surface area contributed by atoms with Crippen LogP contribution in [0.1, 0.15) is 0 Å². The van der Waals surface area contributed by atoms with Crippen LogP contribution in [0.15, 0.2) is 315 Å². The molecule has 0 aliphatic heterocycles. The fraction of sp³-hybridized carbons (Fsp3) is 0. The smallest absolute Gasteiger partial charge is 0.0620 e. The Labute approximate surface area is 445 Å². The zero-order valence-electron chi connectivity index (χ0n) is 41.9. The van der Waals surface area contributed by atoms with Gasteiger partial charge < -0.3 is 9.80 Å². The molecule has 0 saturated heterocycles. The van der Waals surface area contributed by atoms with Crippen molar-refractivity contribution in [2.24, 2.45) is 0 Å². The highest BCUT2D eigenvalue weighted by molar-refractivity contribution is 6.24. The van der Waals surface area contributed by atoms with E-state index in [1.807, 2.05) is 0 Å². The molecule has 0 N–H and O–H groups in total. The highest BCUT2D eigenvalue weighted by Crippen LogP contribution is 2.53. The van der Waals surface area contributed by atoms with E-state index in [9.17, 15) is 0 Å². The second kappa shape index (κ2) is 20.5. The molecule has 0 atom stereocenters. The molecule has 0 spiro atoms. The third kappa shape index (κ3) is 8.99. The second-order valence-corrected chi connectivity index (χ2v) is 19.3. The minimum Gasteiger partial charge on any atom is -0.309 e. The summed E-state index contributed by atoms with van der Waals surface area (Å²) in [5, 5.41) is 4.47. The van der Waals surface area contributed by atoms with Crippen molar-refractivity contribution >= 4 is 55.7 Å². The third-order valence-electron chi connectivity index (χ3n) is 14.6. The van der Waals surface area contributed by atoms with Gasteiger partial charge in [0.2, 0.25) is 0 Å². The van der Waals surface area contributed by atoms with E-state index < -0.39 is 0 Å². The van der Waals surface area contributed by atoms with Crippen molar-refractivity contribution in [1.82, 2.24) is 0 Å². The summed E-state index contributed by atoms with van der Waals surface area (Å²) in [4.78, 5) is 5.03. The first-order valence-electron chi connectivity index (χ1n) is 26.1. The van der Waals surface area contributed by atoms with E-state index in [0.29, 0.717) is 0 Å². The topological polar surface area (TPSA) is 6.48 Å². The highest BCUT2D eigenvalue weighted by atomic mass is 15.2. The SMILES string of the molecule is c1ccc(-c2cccc(N(c3cccc(-c4ccccc4)c3)c3c4ccc(-c5ccccc5)cc4c(N(c4cccc(-c5ccccc5)c4)c4cccc(-c5ccccc5)c4)c4ccc(-c5ccccc5)cc34)c2)cc1. The van der Waals surface area contributed by atoms with Gasteiger partial charge in [0.1, 0.15) is 0 Å². The molecule has 0 fully saturated rings. The molecular weight excluding hydrogens is 917 g/mol. The number of hydrogen-bond acceptors (Lipinski definition) is 2. The standard InChI is InChI=1S/C74H52N2/c1-7-23-53(24-8-1)59-35-19-39-65(47-59)75(66-40-20-36-60(48-66)54-25-9-2-10-26-54)73-69-45-43-64(58-33-17-6-18-34-58)52-72(69)74(70-46-44-63(51-71(70)73)57-31-15-5-16-32-57)76(67-41-21-37-61(49-67)55-27-11-3-12-28-55)68-42-22-38-62(50-68)56-29-13-4-14-30-56/h1-52H. The molecule has 76 heavy (non-hydrogen) atoms. The van der Waals surface area contributed by atoms with Gasteiger partial charge in [0.15, 0.2) is 0 Å². The Balaban J connectivity index is 1.18. The number of anilines is 6. The van der Waals surface area contributed by atoms with Crippen molar-refractivity contribution in [3.8, 4) is 66.8 Å². The molecule has 0 aromatic heterocycles. The maximum absolute atomic E-state index is 2.51. The highest BCUT2D eigenvalue weighted by Gasteiger charge is 2.27. The molecule has 0 unspecified atom stereocenters. The van der Waals surface area contributed by atoms with Crippen LogP contribution in [0.5, 0.6) is 0 Å². The third-order valence-corrected chi connectivity index (χ3v) is 14.6. The fourth-order valence-electron chi connectivity index (χ4n) is 10.9. The van der Waals surface area contributed by atoms with Crippen LogP contribution >= 0.6 is 0 Å². The Morgan fingerprint density at radius 2 is 0.355 bits per heavy atom. The molecule has 358 valence electrons. The molecule has 0 aliphatic rings. The fourth-order valence-corrected chi connectivity index (χ4v) is 10.9. The summed E-state index contributed by atoms with van der Waals surface area (Å²) >= 11 is 0. The zero-order chi connectivity index (χ0) is 50.6. The average Bonchev–Trinajstić information content (AvgIpc) is 3.52. The Bertz CT molecular complexity index is 3700. The van der Waals surface area contributed by atoms with Crippen molar-refractivity contribution in [3.05, 3.63) is 315 Å². The van der Waals surface area contributed by atoms with Gasteiger partial charge in [-0.2, -0.15) is 0 Å². The summed E-state index contributed by atoms with van der Waals surface area (Å²) in [5.74, 6) is 0. The number of hydrogen-bond donors (Lipinski definition) is 0. The summed E-state index contributed by atoms with van der Waals surface area (Å²) in [6.45, 7) is 0. The van der Waals surface area contributed by atoms with E-state index in [2.05, 4.69) is 325 Å². The van der Waals surface area contributed by atoms with E-state index in [1.165, 1.54) is 0 Å². The molecule has 0 radical (unpaired) electrons. The second-order valence-electron chi connectivity index (χ2n) is 19.3. The Kier molecular flexibility index (Phi) is 12.3. The van der Waals surface area contributed by atoms with Crippen molar-refractivity contribution in [1.29, 1.82) is 0 Å². The summed E-state index contributed by atoms with van der Waals surface area (Å²) in [7, 11) is 0. The molecule has 13 aromatic carbocycles. The van der Waals surface area contributed by atoms with Crippen LogP contribution in [0.2, 0.25) is 0 Å². The van der Waals surface area contributed by atoms with Crippen molar-refractivity contribution in [2.45, 2.75) is 0 Å². The van der Waals surface area contributed by atoms with Gasteiger partial charge in [-0.05, 0) is 127 Å². The van der Waals surface area contributed by atoms with Crippen LogP contribution in [-0.2, 0) is 0 Å². The lowest BCUT2D eigenvalue weighted by Gasteiger charge is -2.34. The average molecular weight is 969 g/mol. The lowest BCUT2D eigenvalue weighted by Crippen LogP contribution is -2.15. The largest absolute Gasteiger partial charge is 0.309 e. The van der Waals surface area contributed by atoms with Crippen LogP contribution in [0.3, 0.4) is 0 Å². The molecule has 0 aliphatic carbocycles. The number of benzene rings is 13. The van der Waals surface area contributed by atoms with Gasteiger partial charge in [-0.1, -0.05) is 255 Å². The maximum atomic E-state index is 2.51. The van der Waals surface area contributed by atoms with Gasteiger partial charge in [-0.25, -0.2) is 0 Å². The lowest BCUT2D eigenvalue weighted by atomic mass is 9.90. The van der Waals surface area contributed by atoms with Gasteiger partial charge in [-0.15, -0.1) is 0 Å². The molecule has 0 saturated carbocycles. The predicted molar refractivity (Wildman–Crippen MR) is 323 cm³/mol. The maximum Gasteiger partial charge on any atom is 0.0620 e. The minimum absolute atomic E-state index is 1.06. The van der Waals surface area contributed by atoms with Crippen LogP contribution in [0, 0.1) is 0 Å². The summed E-state index contributed by atoms with van der Waals surface area (Å²) in [5.41, 5.74) is 20.2. The summed E-state index contributed by atoms with van der Waals surface area (Å²) in [6, 6.07) is 115. The van der Waals surface area contributed by atoms with Gasteiger partial charge in [0.25, 0.3) is 0 Å². The van der Waals surface area contributed by atoms with Crippen LogP contribution < -0.4 is 9.80 Å². The van der Waals surface area contributed by atoms with E-state index >= 15 is 0 Å².